The monoisotopic (exact) mass is 376 g/mol. The lowest BCUT2D eigenvalue weighted by atomic mass is 10.2. The molecule has 0 fully saturated rings. The average Bonchev–Trinajstić information content (AvgIpc) is 2.63. The molecule has 0 bridgehead atoms. The third kappa shape index (κ3) is 4.89. The number of methoxy groups -OCH3 is 2. The molecule has 0 saturated heterocycles. The van der Waals surface area contributed by atoms with Gasteiger partial charge in [-0.25, -0.2) is 0 Å². The van der Waals surface area contributed by atoms with Crippen molar-refractivity contribution in [3.63, 3.8) is 0 Å². The number of halogens is 1. The smallest absolute Gasteiger partial charge is 0.226 e. The first kappa shape index (κ1) is 19.6. The highest BCUT2D eigenvalue weighted by Crippen LogP contribution is 2.32. The second kappa shape index (κ2) is 9.10. The molecule has 2 aromatic rings. The third-order valence-electron chi connectivity index (χ3n) is 3.77. The Hall–Kier alpha value is -2.73. The largest absolute Gasteiger partial charge is 0.497 e. The molecule has 0 radical (unpaired) electrons. The number of rotatable bonds is 7. The summed E-state index contributed by atoms with van der Waals surface area (Å²) >= 11 is 6.04. The van der Waals surface area contributed by atoms with Gasteiger partial charge in [0.1, 0.15) is 11.5 Å². The quantitative estimate of drug-likeness (QED) is 0.799. The zero-order valence-electron chi connectivity index (χ0n) is 14.9. The zero-order chi connectivity index (χ0) is 19.1. The number of benzene rings is 2. The Balaban J connectivity index is 2.13. The van der Waals surface area contributed by atoms with Gasteiger partial charge in [0.2, 0.25) is 11.8 Å². The highest BCUT2D eigenvalue weighted by molar-refractivity contribution is 6.33. The molecule has 138 valence electrons. The molecule has 6 nitrogen and oxygen atoms in total. The van der Waals surface area contributed by atoms with E-state index < -0.39 is 0 Å². The van der Waals surface area contributed by atoms with Gasteiger partial charge in [-0.3, -0.25) is 9.59 Å². The minimum atomic E-state index is -0.244. The van der Waals surface area contributed by atoms with E-state index in [1.165, 1.54) is 18.9 Å². The molecule has 0 aliphatic carbocycles. The van der Waals surface area contributed by atoms with Gasteiger partial charge in [-0.2, -0.15) is 0 Å². The van der Waals surface area contributed by atoms with Gasteiger partial charge in [0.05, 0.1) is 30.6 Å². The van der Waals surface area contributed by atoms with Gasteiger partial charge in [-0.1, -0.05) is 23.7 Å². The van der Waals surface area contributed by atoms with E-state index in [1.54, 1.807) is 49.6 Å². The maximum absolute atomic E-state index is 12.2. The van der Waals surface area contributed by atoms with E-state index in [2.05, 4.69) is 5.32 Å². The van der Waals surface area contributed by atoms with Crippen LogP contribution in [-0.2, 0) is 9.59 Å². The fourth-order valence-corrected chi connectivity index (χ4v) is 2.63. The van der Waals surface area contributed by atoms with Crippen LogP contribution in [0.4, 0.5) is 11.4 Å². The lowest BCUT2D eigenvalue weighted by Gasteiger charge is -2.23. The summed E-state index contributed by atoms with van der Waals surface area (Å²) in [7, 11) is 3.06. The molecule has 0 atom stereocenters. The first-order valence-corrected chi connectivity index (χ1v) is 8.38. The molecule has 26 heavy (non-hydrogen) atoms. The van der Waals surface area contributed by atoms with E-state index in [4.69, 9.17) is 21.1 Å². The Labute approximate surface area is 157 Å². The Bertz CT molecular complexity index is 795. The van der Waals surface area contributed by atoms with Gasteiger partial charge >= 0.3 is 0 Å². The minimum absolute atomic E-state index is 0.102. The Kier molecular flexibility index (Phi) is 6.86. The molecule has 0 spiro atoms. The fraction of sp³-hybridized carbons (Fsp3) is 0.263. The van der Waals surface area contributed by atoms with E-state index in [0.29, 0.717) is 27.9 Å². The van der Waals surface area contributed by atoms with E-state index in [-0.39, 0.29) is 24.8 Å². The van der Waals surface area contributed by atoms with E-state index in [9.17, 15) is 9.59 Å². The number of nitrogens with zero attached hydrogens (tertiary/aromatic N) is 1. The topological polar surface area (TPSA) is 67.9 Å². The predicted octanol–water partition coefficient (Wildman–Crippen LogP) is 3.74. The van der Waals surface area contributed by atoms with Crippen LogP contribution in [0.15, 0.2) is 42.5 Å². The predicted molar refractivity (Wildman–Crippen MR) is 102 cm³/mol. The highest BCUT2D eigenvalue weighted by Gasteiger charge is 2.18. The highest BCUT2D eigenvalue weighted by atomic mass is 35.5. The van der Waals surface area contributed by atoms with Gasteiger partial charge in [-0.15, -0.1) is 0 Å². The lowest BCUT2D eigenvalue weighted by molar-refractivity contribution is -0.117. The molecule has 2 amide bonds. The maximum Gasteiger partial charge on any atom is 0.226 e. The lowest BCUT2D eigenvalue weighted by Crippen LogP contribution is -2.32. The number of anilines is 2. The average molecular weight is 377 g/mol. The van der Waals surface area contributed by atoms with Crippen LogP contribution >= 0.6 is 11.6 Å². The van der Waals surface area contributed by atoms with Crippen molar-refractivity contribution in [3.8, 4) is 11.5 Å². The number of nitrogens with one attached hydrogen (secondary N) is 1. The fourth-order valence-electron chi connectivity index (χ4n) is 2.44. The standard InChI is InChI=1S/C19H21ClN2O4/c1-13(23)22(17-12-14(25-2)8-9-18(17)26-3)11-10-19(24)21-16-7-5-4-6-15(16)20/h4-9,12H,10-11H2,1-3H3,(H,21,24). The molecule has 0 aromatic heterocycles. The summed E-state index contributed by atoms with van der Waals surface area (Å²) in [6.07, 6.45) is 0.102. The molecule has 0 unspecified atom stereocenters. The van der Waals surface area contributed by atoms with Gasteiger partial charge in [0.15, 0.2) is 0 Å². The first-order valence-electron chi connectivity index (χ1n) is 8.00. The van der Waals surface area contributed by atoms with Crippen molar-refractivity contribution in [2.24, 2.45) is 0 Å². The van der Waals surface area contributed by atoms with Crippen LogP contribution in [-0.4, -0.2) is 32.6 Å². The summed E-state index contributed by atoms with van der Waals surface area (Å²) in [5, 5.41) is 3.20. The van der Waals surface area contributed by atoms with Gasteiger partial charge in [-0.05, 0) is 24.3 Å². The van der Waals surface area contributed by atoms with Crippen molar-refractivity contribution in [2.75, 3.05) is 31.0 Å². The van der Waals surface area contributed by atoms with E-state index >= 15 is 0 Å². The van der Waals surface area contributed by atoms with Gasteiger partial charge in [0, 0.05) is 26.0 Å². The minimum Gasteiger partial charge on any atom is -0.497 e. The zero-order valence-corrected chi connectivity index (χ0v) is 15.7. The van der Waals surface area contributed by atoms with Crippen molar-refractivity contribution in [1.29, 1.82) is 0 Å². The molecule has 0 saturated carbocycles. The Morgan fingerprint density at radius 3 is 2.46 bits per heavy atom. The first-order chi connectivity index (χ1) is 12.5. The van der Waals surface area contributed by atoms with E-state index in [0.717, 1.165) is 0 Å². The van der Waals surface area contributed by atoms with E-state index in [1.807, 2.05) is 0 Å². The number of hydrogen-bond donors (Lipinski definition) is 1. The van der Waals surface area contributed by atoms with Crippen molar-refractivity contribution < 1.29 is 19.1 Å². The summed E-state index contributed by atoms with van der Waals surface area (Å²) < 4.78 is 10.5. The molecule has 2 rings (SSSR count). The maximum atomic E-state index is 12.2. The SMILES string of the molecule is COc1ccc(OC)c(N(CCC(=O)Nc2ccccc2Cl)C(C)=O)c1. The third-order valence-corrected chi connectivity index (χ3v) is 4.10. The van der Waals surface area contributed by atoms with Crippen molar-refractivity contribution in [2.45, 2.75) is 13.3 Å². The van der Waals surface area contributed by atoms with Crippen molar-refractivity contribution >= 4 is 34.8 Å². The normalized spacial score (nSPS) is 10.2. The number of carbonyl (C=O) groups excluding carboxylic acids is 2. The molecule has 7 heteroatoms. The number of carbonyl (C=O) groups is 2. The summed E-state index contributed by atoms with van der Waals surface area (Å²) in [4.78, 5) is 25.8. The Morgan fingerprint density at radius 2 is 1.85 bits per heavy atom. The summed E-state index contributed by atoms with van der Waals surface area (Å²) in [5.74, 6) is 0.661. The molecule has 0 aliphatic heterocycles. The van der Waals surface area contributed by atoms with Gasteiger partial charge in [0.25, 0.3) is 0 Å². The van der Waals surface area contributed by atoms with Gasteiger partial charge < -0.3 is 19.7 Å². The summed E-state index contributed by atoms with van der Waals surface area (Å²) in [6, 6.07) is 12.1. The molecule has 0 aliphatic rings. The molecule has 2 aromatic carbocycles. The molecule has 0 heterocycles. The van der Waals surface area contributed by atoms with Crippen LogP contribution in [0.2, 0.25) is 5.02 Å². The number of para-hydroxylation sites is 1. The van der Waals surface area contributed by atoms with Crippen LogP contribution in [0.25, 0.3) is 0 Å². The molecular formula is C19H21ClN2O4. The summed E-state index contributed by atoms with van der Waals surface area (Å²) in [5.41, 5.74) is 1.08. The van der Waals surface area contributed by atoms with Crippen LogP contribution in [0.5, 0.6) is 11.5 Å². The second-order valence-electron chi connectivity index (χ2n) is 5.49. The molecular weight excluding hydrogens is 356 g/mol. The van der Waals surface area contributed by atoms with Crippen LogP contribution in [0, 0.1) is 0 Å². The second-order valence-corrected chi connectivity index (χ2v) is 5.89. The van der Waals surface area contributed by atoms with Crippen LogP contribution in [0.3, 0.4) is 0 Å². The van der Waals surface area contributed by atoms with Crippen molar-refractivity contribution in [3.05, 3.63) is 47.5 Å². The van der Waals surface area contributed by atoms with Crippen LogP contribution in [0.1, 0.15) is 13.3 Å². The number of hydrogen-bond acceptors (Lipinski definition) is 4. The summed E-state index contributed by atoms with van der Waals surface area (Å²) in [6.45, 7) is 1.63. The number of amides is 2. The Morgan fingerprint density at radius 1 is 1.12 bits per heavy atom. The number of ether oxygens (including phenoxy) is 2. The van der Waals surface area contributed by atoms with Crippen molar-refractivity contribution in [1.82, 2.24) is 0 Å². The van der Waals surface area contributed by atoms with Crippen LogP contribution < -0.4 is 19.7 Å². The molecule has 1 N–H and O–H groups in total.